The lowest BCUT2D eigenvalue weighted by atomic mass is 9.85. The summed E-state index contributed by atoms with van der Waals surface area (Å²) >= 11 is 0. The van der Waals surface area contributed by atoms with Gasteiger partial charge in [-0.2, -0.15) is 5.10 Å². The van der Waals surface area contributed by atoms with Gasteiger partial charge in [-0.25, -0.2) is 4.98 Å². The Morgan fingerprint density at radius 3 is 2.50 bits per heavy atom. The highest BCUT2D eigenvalue weighted by Crippen LogP contribution is 2.32. The third kappa shape index (κ3) is 2.58. The fourth-order valence-electron chi connectivity index (χ4n) is 4.38. The van der Waals surface area contributed by atoms with Crippen molar-refractivity contribution in [3.8, 4) is 5.82 Å². The highest BCUT2D eigenvalue weighted by atomic mass is 16.1. The molecule has 1 N–H and O–H groups in total. The van der Waals surface area contributed by atoms with Crippen LogP contribution < -0.4 is 11.1 Å². The molecule has 4 aromatic rings. The molecule has 1 aliphatic carbocycles. The van der Waals surface area contributed by atoms with E-state index in [1.165, 1.54) is 11.0 Å². The van der Waals surface area contributed by atoms with Crippen molar-refractivity contribution in [3.05, 3.63) is 63.6 Å². The third-order valence-electron chi connectivity index (χ3n) is 5.94. The molecule has 2 atom stereocenters. The number of fused-ring (bicyclic) bond motifs is 2. The van der Waals surface area contributed by atoms with E-state index >= 15 is 0 Å². The number of hydrogen-bond acceptors (Lipinski definition) is 4. The number of pyridine rings is 3. The molecule has 5 rings (SSSR count). The Kier molecular flexibility index (Phi) is 3.89. The van der Waals surface area contributed by atoms with Crippen molar-refractivity contribution in [1.29, 1.82) is 0 Å². The van der Waals surface area contributed by atoms with Crippen LogP contribution in [0.4, 0.5) is 0 Å². The molecule has 1 fully saturated rings. The third-order valence-corrected chi connectivity index (χ3v) is 5.94. The van der Waals surface area contributed by atoms with Gasteiger partial charge < -0.3 is 4.57 Å². The van der Waals surface area contributed by atoms with Gasteiger partial charge in [0.15, 0.2) is 0 Å². The molecule has 1 saturated carbocycles. The average Bonchev–Trinajstić information content (AvgIpc) is 3.23. The van der Waals surface area contributed by atoms with Gasteiger partial charge in [-0.05, 0) is 37.0 Å². The summed E-state index contributed by atoms with van der Waals surface area (Å²) in [5.41, 5.74) is 0.909. The summed E-state index contributed by atoms with van der Waals surface area (Å²) in [6.45, 7) is 2.21. The minimum Gasteiger partial charge on any atom is -0.312 e. The number of nitrogens with zero attached hydrogens (tertiary/aromatic N) is 4. The van der Waals surface area contributed by atoms with Gasteiger partial charge in [0.25, 0.3) is 11.1 Å². The van der Waals surface area contributed by atoms with Gasteiger partial charge in [-0.15, -0.1) is 0 Å². The van der Waals surface area contributed by atoms with E-state index in [1.807, 2.05) is 16.8 Å². The van der Waals surface area contributed by atoms with Crippen molar-refractivity contribution in [3.63, 3.8) is 0 Å². The second-order valence-corrected chi connectivity index (χ2v) is 7.64. The largest absolute Gasteiger partial charge is 0.312 e. The Morgan fingerprint density at radius 2 is 1.75 bits per heavy atom. The van der Waals surface area contributed by atoms with Gasteiger partial charge in [0.1, 0.15) is 5.82 Å². The standard InChI is InChI=1S/C21H21N5O2/c1-13-4-2-3-5-18(13)25-10-7-16-14(20(25)27)12-15-17(23-16)8-11-26(21(15)28)19-6-9-22-24-19/h6-13,18H,2-5H2,1H3,(H,22,24)/t13-,18-/m1/s1. The van der Waals surface area contributed by atoms with Crippen LogP contribution in [0.3, 0.4) is 0 Å². The Labute approximate surface area is 160 Å². The van der Waals surface area contributed by atoms with E-state index in [4.69, 9.17) is 0 Å². The Bertz CT molecular complexity index is 1290. The minimum absolute atomic E-state index is 0.0676. The van der Waals surface area contributed by atoms with Crippen molar-refractivity contribution in [2.75, 3.05) is 0 Å². The molecule has 4 aromatic heterocycles. The molecule has 4 heterocycles. The summed E-state index contributed by atoms with van der Waals surface area (Å²) in [5, 5.41) is 7.61. The lowest BCUT2D eigenvalue weighted by Gasteiger charge is -2.30. The highest BCUT2D eigenvalue weighted by molar-refractivity contribution is 5.91. The smallest absolute Gasteiger partial charge is 0.265 e. The molecule has 0 radical (unpaired) electrons. The van der Waals surface area contributed by atoms with E-state index in [9.17, 15) is 9.59 Å². The summed E-state index contributed by atoms with van der Waals surface area (Å²) in [7, 11) is 0. The fourth-order valence-corrected chi connectivity index (χ4v) is 4.38. The Morgan fingerprint density at radius 1 is 1.00 bits per heavy atom. The molecule has 1 aliphatic rings. The predicted octanol–water partition coefficient (Wildman–Crippen LogP) is 3.17. The van der Waals surface area contributed by atoms with Crippen LogP contribution in [-0.2, 0) is 0 Å². The molecule has 0 amide bonds. The number of aromatic nitrogens is 5. The SMILES string of the molecule is C[C@@H]1CCCC[C@H]1n1ccc2nc3ccn(-c4ccn[nH]4)c(=O)c3cc2c1=O. The van der Waals surface area contributed by atoms with Gasteiger partial charge in [0, 0.05) is 24.5 Å². The van der Waals surface area contributed by atoms with E-state index in [2.05, 4.69) is 22.1 Å². The van der Waals surface area contributed by atoms with Gasteiger partial charge >= 0.3 is 0 Å². The number of rotatable bonds is 2. The van der Waals surface area contributed by atoms with Crippen molar-refractivity contribution in [2.45, 2.75) is 38.6 Å². The zero-order valence-corrected chi connectivity index (χ0v) is 15.6. The van der Waals surface area contributed by atoms with Crippen LogP contribution in [0, 0.1) is 5.92 Å². The summed E-state index contributed by atoms with van der Waals surface area (Å²) in [4.78, 5) is 30.8. The topological polar surface area (TPSA) is 85.6 Å². The van der Waals surface area contributed by atoms with Crippen LogP contribution >= 0.6 is 0 Å². The maximum absolute atomic E-state index is 13.2. The van der Waals surface area contributed by atoms with Crippen molar-refractivity contribution in [1.82, 2.24) is 24.3 Å². The van der Waals surface area contributed by atoms with E-state index in [0.717, 1.165) is 19.3 Å². The fraction of sp³-hybridized carbons (Fsp3) is 0.333. The molecule has 0 unspecified atom stereocenters. The average molecular weight is 375 g/mol. The van der Waals surface area contributed by atoms with Crippen LogP contribution in [0.15, 0.2) is 52.4 Å². The van der Waals surface area contributed by atoms with Crippen LogP contribution in [0.25, 0.3) is 27.6 Å². The maximum atomic E-state index is 13.2. The maximum Gasteiger partial charge on any atom is 0.265 e. The first-order valence-electron chi connectivity index (χ1n) is 9.70. The van der Waals surface area contributed by atoms with Crippen molar-refractivity contribution in [2.24, 2.45) is 5.92 Å². The summed E-state index contributed by atoms with van der Waals surface area (Å²) < 4.78 is 3.32. The van der Waals surface area contributed by atoms with Gasteiger partial charge in [-0.3, -0.25) is 19.3 Å². The van der Waals surface area contributed by atoms with E-state index < -0.39 is 0 Å². The predicted molar refractivity (Wildman–Crippen MR) is 108 cm³/mol. The van der Waals surface area contributed by atoms with Gasteiger partial charge in [0.05, 0.1) is 28.0 Å². The minimum atomic E-state index is -0.225. The second kappa shape index (κ2) is 6.44. The number of hydrogen-bond donors (Lipinski definition) is 1. The van der Waals surface area contributed by atoms with Crippen LogP contribution in [0.5, 0.6) is 0 Å². The van der Waals surface area contributed by atoms with E-state index in [0.29, 0.717) is 33.5 Å². The summed E-state index contributed by atoms with van der Waals surface area (Å²) in [6.07, 6.45) is 9.64. The molecule has 0 spiro atoms. The number of nitrogens with one attached hydrogen (secondary N) is 1. The van der Waals surface area contributed by atoms with Gasteiger partial charge in [-0.1, -0.05) is 19.8 Å². The van der Waals surface area contributed by atoms with E-state index in [-0.39, 0.29) is 17.2 Å². The number of aromatic amines is 1. The normalized spacial score (nSPS) is 20.0. The quantitative estimate of drug-likeness (QED) is 0.545. The molecule has 0 aromatic carbocycles. The first-order chi connectivity index (χ1) is 13.6. The van der Waals surface area contributed by atoms with Crippen LogP contribution in [0.2, 0.25) is 0 Å². The monoisotopic (exact) mass is 375 g/mol. The lowest BCUT2D eigenvalue weighted by Crippen LogP contribution is -2.30. The Balaban J connectivity index is 1.73. The molecular formula is C21H21N5O2. The molecular weight excluding hydrogens is 354 g/mol. The first-order valence-corrected chi connectivity index (χ1v) is 9.70. The highest BCUT2D eigenvalue weighted by Gasteiger charge is 2.24. The molecule has 0 saturated heterocycles. The van der Waals surface area contributed by atoms with E-state index in [1.54, 1.807) is 30.6 Å². The van der Waals surface area contributed by atoms with Crippen LogP contribution in [-0.4, -0.2) is 24.3 Å². The van der Waals surface area contributed by atoms with Crippen molar-refractivity contribution >= 4 is 21.8 Å². The summed E-state index contributed by atoms with van der Waals surface area (Å²) in [5.74, 6) is 1.04. The first kappa shape index (κ1) is 16.9. The molecule has 7 nitrogen and oxygen atoms in total. The number of H-pyrrole nitrogens is 1. The second-order valence-electron chi connectivity index (χ2n) is 7.64. The molecule has 0 aliphatic heterocycles. The molecule has 28 heavy (non-hydrogen) atoms. The molecule has 7 heteroatoms. The molecule has 0 bridgehead atoms. The van der Waals surface area contributed by atoms with Gasteiger partial charge in [0.2, 0.25) is 0 Å². The Hall–Kier alpha value is -3.22. The lowest BCUT2D eigenvalue weighted by molar-refractivity contribution is 0.253. The zero-order chi connectivity index (χ0) is 19.3. The molecule has 142 valence electrons. The van der Waals surface area contributed by atoms with Crippen molar-refractivity contribution < 1.29 is 0 Å². The summed E-state index contributed by atoms with van der Waals surface area (Å²) in [6, 6.07) is 7.29. The zero-order valence-electron chi connectivity index (χ0n) is 15.6. The van der Waals surface area contributed by atoms with Crippen LogP contribution in [0.1, 0.15) is 38.6 Å².